The summed E-state index contributed by atoms with van der Waals surface area (Å²) >= 11 is 1.15. The maximum absolute atomic E-state index is 13.8. The highest BCUT2D eigenvalue weighted by Crippen LogP contribution is 2.32. The number of rotatable bonds is 9. The number of aliphatic hydroxyl groups excluding tert-OH is 1. The van der Waals surface area contributed by atoms with Crippen molar-refractivity contribution in [1.82, 2.24) is 13.8 Å². The third-order valence-electron chi connectivity index (χ3n) is 7.88. The number of carbonyl (C=O) groups is 2. The molecule has 4 aromatic rings. The number of nitrogens with one attached hydrogen (secondary N) is 1. The standard InChI is InChI=1S/C31H36N4O6S2/c1-20-16-35(21(2)19-36)31(38)25-15-23(32-29(37)14-22-17-33(3)26-9-6-5-8-24(22)26)11-12-27(25)41-28(20)18-34(4)43(39,40)30-10-7-13-42-30/h5-13,15,17,20-21,28,36H,14,16,18-19H2,1-4H3,(H,32,37)/t20-,21+,28-/m0/s1. The molecule has 0 unspecified atom stereocenters. The summed E-state index contributed by atoms with van der Waals surface area (Å²) in [5.74, 6) is -0.549. The van der Waals surface area contributed by atoms with Crippen molar-refractivity contribution in [3.8, 4) is 5.75 Å². The Bertz CT molecular complexity index is 1730. The van der Waals surface area contributed by atoms with Crippen molar-refractivity contribution >= 4 is 49.8 Å². The number of carbonyl (C=O) groups excluding carboxylic acids is 2. The molecule has 5 rings (SSSR count). The quantitative estimate of drug-likeness (QED) is 0.291. The largest absolute Gasteiger partial charge is 0.488 e. The number of hydrogen-bond donors (Lipinski definition) is 2. The van der Waals surface area contributed by atoms with Gasteiger partial charge in [-0.3, -0.25) is 9.59 Å². The lowest BCUT2D eigenvalue weighted by Gasteiger charge is -2.38. The minimum Gasteiger partial charge on any atom is -0.488 e. The first kappa shape index (κ1) is 30.7. The van der Waals surface area contributed by atoms with Crippen LogP contribution in [0.3, 0.4) is 0 Å². The molecular formula is C31H36N4O6S2. The normalized spacial score (nSPS) is 18.2. The second-order valence-electron chi connectivity index (χ2n) is 11.1. The van der Waals surface area contributed by atoms with Crippen LogP contribution in [0.15, 0.2) is 70.4 Å². The molecule has 0 saturated carbocycles. The maximum Gasteiger partial charge on any atom is 0.258 e. The number of aromatic nitrogens is 1. The Labute approximate surface area is 255 Å². The molecule has 2 aromatic carbocycles. The Balaban J connectivity index is 1.41. The van der Waals surface area contributed by atoms with E-state index < -0.39 is 22.2 Å². The number of thiophene rings is 1. The number of likely N-dealkylation sites (N-methyl/N-ethyl adjacent to an activating group) is 1. The van der Waals surface area contributed by atoms with E-state index in [-0.39, 0.29) is 59.4 Å². The SMILES string of the molecule is C[C@H](CO)N1C[C@H](C)[C@H](CN(C)S(=O)(=O)c2cccs2)Oc2ccc(NC(=O)Cc3cn(C)c4ccccc34)cc2C1=O. The molecule has 2 amide bonds. The predicted octanol–water partition coefficient (Wildman–Crippen LogP) is 3.96. The Morgan fingerprint density at radius 2 is 1.98 bits per heavy atom. The zero-order chi connectivity index (χ0) is 30.9. The molecule has 0 fully saturated rings. The summed E-state index contributed by atoms with van der Waals surface area (Å²) in [4.78, 5) is 28.4. The van der Waals surface area contributed by atoms with E-state index in [2.05, 4.69) is 5.32 Å². The summed E-state index contributed by atoms with van der Waals surface area (Å²) in [5.41, 5.74) is 2.58. The van der Waals surface area contributed by atoms with Gasteiger partial charge in [0, 0.05) is 49.3 Å². The third-order valence-corrected chi connectivity index (χ3v) is 11.1. The molecule has 3 atom stereocenters. The molecule has 10 nitrogen and oxygen atoms in total. The summed E-state index contributed by atoms with van der Waals surface area (Å²) in [7, 11) is -0.268. The number of para-hydroxylation sites is 1. The third kappa shape index (κ3) is 6.32. The number of hydrogen-bond acceptors (Lipinski definition) is 7. The van der Waals surface area contributed by atoms with Crippen LogP contribution in [0.5, 0.6) is 5.75 Å². The average Bonchev–Trinajstić information content (AvgIpc) is 3.64. The molecule has 0 spiro atoms. The fourth-order valence-corrected chi connectivity index (χ4v) is 7.76. The van der Waals surface area contributed by atoms with Crippen molar-refractivity contribution in [2.75, 3.05) is 32.1 Å². The van der Waals surface area contributed by atoms with Crippen LogP contribution in [-0.4, -0.2) is 78.0 Å². The van der Waals surface area contributed by atoms with E-state index >= 15 is 0 Å². The molecule has 2 aromatic heterocycles. The van der Waals surface area contributed by atoms with Crippen molar-refractivity contribution in [1.29, 1.82) is 0 Å². The maximum atomic E-state index is 13.8. The minimum absolute atomic E-state index is 0.0555. The van der Waals surface area contributed by atoms with E-state index in [4.69, 9.17) is 4.74 Å². The summed E-state index contributed by atoms with van der Waals surface area (Å²) in [6, 6.07) is 15.5. The number of anilines is 1. The van der Waals surface area contributed by atoms with Gasteiger partial charge < -0.3 is 24.6 Å². The van der Waals surface area contributed by atoms with E-state index in [1.165, 1.54) is 11.4 Å². The zero-order valence-electron chi connectivity index (χ0n) is 24.6. The average molecular weight is 625 g/mol. The monoisotopic (exact) mass is 624 g/mol. The van der Waals surface area contributed by atoms with Crippen LogP contribution in [0.1, 0.15) is 29.8 Å². The molecular weight excluding hydrogens is 588 g/mol. The van der Waals surface area contributed by atoms with Crippen LogP contribution in [-0.2, 0) is 28.3 Å². The van der Waals surface area contributed by atoms with Crippen LogP contribution >= 0.6 is 11.3 Å². The molecule has 3 heterocycles. The fraction of sp³-hybridized carbons (Fsp3) is 0.355. The fourth-order valence-electron chi connectivity index (χ4n) is 5.38. The summed E-state index contributed by atoms with van der Waals surface area (Å²) in [6.07, 6.45) is 1.50. The van der Waals surface area contributed by atoms with Gasteiger partial charge in [0.25, 0.3) is 15.9 Å². The number of amides is 2. The molecule has 1 aliphatic rings. The molecule has 12 heteroatoms. The summed E-state index contributed by atoms with van der Waals surface area (Å²) in [5, 5.41) is 15.6. The molecule has 0 radical (unpaired) electrons. The molecule has 1 aliphatic heterocycles. The van der Waals surface area contributed by atoms with Gasteiger partial charge in [-0.1, -0.05) is 31.2 Å². The van der Waals surface area contributed by atoms with Crippen LogP contribution in [0.25, 0.3) is 10.9 Å². The van der Waals surface area contributed by atoms with Gasteiger partial charge >= 0.3 is 0 Å². The van der Waals surface area contributed by atoms with Gasteiger partial charge in [0.05, 0.1) is 31.2 Å². The Morgan fingerprint density at radius 1 is 1.21 bits per heavy atom. The van der Waals surface area contributed by atoms with Gasteiger partial charge in [-0.15, -0.1) is 11.3 Å². The van der Waals surface area contributed by atoms with Crippen molar-refractivity contribution < 1.29 is 27.9 Å². The van der Waals surface area contributed by atoms with Crippen LogP contribution in [0.4, 0.5) is 5.69 Å². The zero-order valence-corrected chi connectivity index (χ0v) is 26.2. The summed E-state index contributed by atoms with van der Waals surface area (Å²) in [6.45, 7) is 3.71. The Kier molecular flexibility index (Phi) is 8.93. The second-order valence-corrected chi connectivity index (χ2v) is 14.3. The van der Waals surface area contributed by atoms with E-state index in [9.17, 15) is 23.1 Å². The Morgan fingerprint density at radius 3 is 2.70 bits per heavy atom. The first-order valence-corrected chi connectivity index (χ1v) is 16.4. The first-order valence-electron chi connectivity index (χ1n) is 14.0. The van der Waals surface area contributed by atoms with E-state index in [1.807, 2.05) is 49.0 Å². The highest BCUT2D eigenvalue weighted by Gasteiger charge is 2.35. The van der Waals surface area contributed by atoms with Gasteiger partial charge in [0.2, 0.25) is 5.91 Å². The van der Waals surface area contributed by atoms with Crippen LogP contribution < -0.4 is 10.1 Å². The van der Waals surface area contributed by atoms with Crippen molar-refractivity contribution in [3.05, 3.63) is 77.3 Å². The van der Waals surface area contributed by atoms with E-state index in [1.54, 1.807) is 47.5 Å². The van der Waals surface area contributed by atoms with Gasteiger partial charge in [0.1, 0.15) is 16.1 Å². The first-order chi connectivity index (χ1) is 20.5. The smallest absolute Gasteiger partial charge is 0.258 e. The van der Waals surface area contributed by atoms with Gasteiger partial charge in [-0.05, 0) is 48.2 Å². The van der Waals surface area contributed by atoms with Crippen molar-refractivity contribution in [2.45, 2.75) is 36.6 Å². The molecule has 0 bridgehead atoms. The predicted molar refractivity (Wildman–Crippen MR) is 167 cm³/mol. The number of aryl methyl sites for hydroxylation is 1. The Hall–Kier alpha value is -3.71. The number of fused-ring (bicyclic) bond motifs is 2. The molecule has 0 aliphatic carbocycles. The molecule has 2 N–H and O–H groups in total. The van der Waals surface area contributed by atoms with Crippen molar-refractivity contribution in [2.24, 2.45) is 13.0 Å². The summed E-state index contributed by atoms with van der Waals surface area (Å²) < 4.78 is 36.1. The highest BCUT2D eigenvalue weighted by molar-refractivity contribution is 7.91. The highest BCUT2D eigenvalue weighted by atomic mass is 32.2. The lowest BCUT2D eigenvalue weighted by atomic mass is 9.99. The van der Waals surface area contributed by atoms with E-state index in [0.29, 0.717) is 5.69 Å². The molecule has 43 heavy (non-hydrogen) atoms. The van der Waals surface area contributed by atoms with Gasteiger partial charge in [-0.25, -0.2) is 8.42 Å². The number of sulfonamides is 1. The minimum atomic E-state index is -3.72. The van der Waals surface area contributed by atoms with Gasteiger partial charge in [-0.2, -0.15) is 4.31 Å². The van der Waals surface area contributed by atoms with E-state index in [0.717, 1.165) is 27.8 Å². The number of benzene rings is 2. The van der Waals surface area contributed by atoms with Gasteiger partial charge in [0.15, 0.2) is 0 Å². The number of nitrogens with zero attached hydrogens (tertiary/aromatic N) is 3. The lowest BCUT2D eigenvalue weighted by molar-refractivity contribution is -0.115. The second kappa shape index (κ2) is 12.5. The molecule has 228 valence electrons. The number of ether oxygens (including phenoxy) is 1. The number of aliphatic hydroxyl groups is 1. The lowest BCUT2D eigenvalue weighted by Crippen LogP contribution is -2.50. The van der Waals surface area contributed by atoms with Crippen LogP contribution in [0, 0.1) is 5.92 Å². The van der Waals surface area contributed by atoms with Crippen molar-refractivity contribution in [3.63, 3.8) is 0 Å². The van der Waals surface area contributed by atoms with Crippen LogP contribution in [0.2, 0.25) is 0 Å². The topological polar surface area (TPSA) is 121 Å². The molecule has 0 saturated heterocycles.